The van der Waals surface area contributed by atoms with E-state index in [0.29, 0.717) is 16.4 Å². The molecule has 0 radical (unpaired) electrons. The summed E-state index contributed by atoms with van der Waals surface area (Å²) in [5, 5.41) is 5.47. The first-order valence-corrected chi connectivity index (χ1v) is 9.19. The summed E-state index contributed by atoms with van der Waals surface area (Å²) in [4.78, 5) is 27.8. The number of aromatic nitrogens is 1. The number of rotatable bonds is 3. The van der Waals surface area contributed by atoms with Crippen molar-refractivity contribution in [3.05, 3.63) is 99.3 Å². The van der Waals surface area contributed by atoms with Crippen LogP contribution in [0.1, 0.15) is 15.9 Å². The van der Waals surface area contributed by atoms with Crippen LogP contribution in [0.2, 0.25) is 5.02 Å². The average molecular weight is 389 g/mol. The quantitative estimate of drug-likeness (QED) is 0.493. The van der Waals surface area contributed by atoms with Gasteiger partial charge in [0.25, 0.3) is 11.5 Å². The predicted molar refractivity (Wildman–Crippen MR) is 114 cm³/mol. The minimum atomic E-state index is -0.480. The van der Waals surface area contributed by atoms with Gasteiger partial charge in [-0.1, -0.05) is 54.1 Å². The van der Waals surface area contributed by atoms with E-state index in [0.717, 1.165) is 21.9 Å². The fourth-order valence-electron chi connectivity index (χ4n) is 3.05. The number of benzene rings is 3. The van der Waals surface area contributed by atoms with E-state index >= 15 is 0 Å². The number of nitrogens with one attached hydrogen (secondary N) is 2. The minimum absolute atomic E-state index is 0.0428. The fraction of sp³-hybridized carbons (Fsp3) is 0.0435. The van der Waals surface area contributed by atoms with Gasteiger partial charge in [0, 0.05) is 16.4 Å². The third-order valence-electron chi connectivity index (χ3n) is 4.64. The molecule has 1 heterocycles. The summed E-state index contributed by atoms with van der Waals surface area (Å²) >= 11 is 6.09. The topological polar surface area (TPSA) is 62.0 Å². The van der Waals surface area contributed by atoms with Crippen LogP contribution in [0.5, 0.6) is 0 Å². The number of carbonyl (C=O) groups is 1. The van der Waals surface area contributed by atoms with Gasteiger partial charge in [0.15, 0.2) is 0 Å². The number of carbonyl (C=O) groups excluding carboxylic acids is 1. The van der Waals surface area contributed by atoms with E-state index in [1.165, 1.54) is 6.07 Å². The van der Waals surface area contributed by atoms with Gasteiger partial charge in [-0.05, 0) is 59.2 Å². The number of pyridine rings is 1. The molecule has 0 spiro atoms. The van der Waals surface area contributed by atoms with Crippen LogP contribution >= 0.6 is 11.6 Å². The highest BCUT2D eigenvalue weighted by molar-refractivity contribution is 6.31. The molecular weight excluding hydrogens is 372 g/mol. The van der Waals surface area contributed by atoms with Crippen LogP contribution in [0.25, 0.3) is 22.0 Å². The van der Waals surface area contributed by atoms with E-state index in [4.69, 9.17) is 11.6 Å². The highest BCUT2D eigenvalue weighted by atomic mass is 35.5. The molecule has 0 aliphatic carbocycles. The monoisotopic (exact) mass is 388 g/mol. The Morgan fingerprint density at radius 1 is 0.929 bits per heavy atom. The summed E-state index contributed by atoms with van der Waals surface area (Å²) in [6.45, 7) is 1.88. The van der Waals surface area contributed by atoms with Crippen molar-refractivity contribution in [2.75, 3.05) is 5.32 Å². The fourth-order valence-corrected chi connectivity index (χ4v) is 3.23. The van der Waals surface area contributed by atoms with Gasteiger partial charge in [0.2, 0.25) is 0 Å². The normalized spacial score (nSPS) is 10.8. The molecule has 2 N–H and O–H groups in total. The summed E-state index contributed by atoms with van der Waals surface area (Å²) in [5.74, 6) is -0.480. The highest BCUT2D eigenvalue weighted by Gasteiger charge is 2.12. The molecule has 1 aromatic heterocycles. The van der Waals surface area contributed by atoms with Crippen LogP contribution in [-0.2, 0) is 0 Å². The van der Waals surface area contributed by atoms with Gasteiger partial charge in [0.05, 0.1) is 0 Å². The molecule has 0 unspecified atom stereocenters. The molecule has 0 atom stereocenters. The molecule has 138 valence electrons. The van der Waals surface area contributed by atoms with Crippen LogP contribution in [0.4, 0.5) is 5.69 Å². The van der Waals surface area contributed by atoms with Crippen molar-refractivity contribution < 1.29 is 4.79 Å². The van der Waals surface area contributed by atoms with Crippen LogP contribution in [0.15, 0.2) is 77.6 Å². The summed E-state index contributed by atoms with van der Waals surface area (Å²) in [6.07, 6.45) is 0. The second-order valence-corrected chi connectivity index (χ2v) is 7.00. The first-order chi connectivity index (χ1) is 13.5. The van der Waals surface area contributed by atoms with Crippen molar-refractivity contribution in [1.82, 2.24) is 4.98 Å². The van der Waals surface area contributed by atoms with Gasteiger partial charge >= 0.3 is 0 Å². The molecule has 4 aromatic rings. The number of anilines is 1. The number of aryl methyl sites for hydroxylation is 1. The zero-order valence-electron chi connectivity index (χ0n) is 15.1. The Bertz CT molecular complexity index is 1260. The number of hydrogen-bond donors (Lipinski definition) is 2. The van der Waals surface area contributed by atoms with E-state index in [2.05, 4.69) is 10.3 Å². The van der Waals surface area contributed by atoms with Crippen LogP contribution in [-0.4, -0.2) is 10.9 Å². The molecule has 0 fully saturated rings. The number of H-pyrrole nitrogens is 1. The molecule has 3 aromatic carbocycles. The molecule has 0 aliphatic heterocycles. The van der Waals surface area contributed by atoms with Crippen LogP contribution < -0.4 is 10.9 Å². The molecule has 5 heteroatoms. The third-order valence-corrected chi connectivity index (χ3v) is 5.05. The zero-order chi connectivity index (χ0) is 19.7. The van der Waals surface area contributed by atoms with Crippen LogP contribution in [0, 0.1) is 6.92 Å². The van der Waals surface area contributed by atoms with Gasteiger partial charge in [-0.2, -0.15) is 0 Å². The minimum Gasteiger partial charge on any atom is -0.322 e. The molecule has 1 amide bonds. The van der Waals surface area contributed by atoms with E-state index in [1.807, 2.05) is 55.5 Å². The van der Waals surface area contributed by atoms with Crippen molar-refractivity contribution >= 4 is 34.0 Å². The summed E-state index contributed by atoms with van der Waals surface area (Å²) in [5.41, 5.74) is 2.59. The Morgan fingerprint density at radius 2 is 1.71 bits per heavy atom. The Morgan fingerprint density at radius 3 is 2.46 bits per heavy atom. The van der Waals surface area contributed by atoms with Gasteiger partial charge in [-0.25, -0.2) is 0 Å². The lowest BCUT2D eigenvalue weighted by Crippen LogP contribution is -2.23. The lowest BCUT2D eigenvalue weighted by Gasteiger charge is -2.08. The van der Waals surface area contributed by atoms with E-state index < -0.39 is 11.5 Å². The maximum absolute atomic E-state index is 12.5. The van der Waals surface area contributed by atoms with Crippen molar-refractivity contribution in [3.8, 4) is 11.3 Å². The molecule has 0 saturated heterocycles. The van der Waals surface area contributed by atoms with Crippen molar-refractivity contribution in [1.29, 1.82) is 0 Å². The number of fused-ring (bicyclic) bond motifs is 1. The molecule has 0 aliphatic rings. The van der Waals surface area contributed by atoms with Crippen molar-refractivity contribution in [3.63, 3.8) is 0 Å². The molecule has 0 bridgehead atoms. The third kappa shape index (κ3) is 3.55. The number of halogens is 1. The molecule has 28 heavy (non-hydrogen) atoms. The van der Waals surface area contributed by atoms with Crippen molar-refractivity contribution in [2.24, 2.45) is 0 Å². The summed E-state index contributed by atoms with van der Waals surface area (Å²) in [6, 6.07) is 22.5. The first-order valence-electron chi connectivity index (χ1n) is 8.81. The first kappa shape index (κ1) is 18.0. The largest absolute Gasteiger partial charge is 0.322 e. The second-order valence-electron chi connectivity index (χ2n) is 6.59. The van der Waals surface area contributed by atoms with E-state index in [1.54, 1.807) is 18.2 Å². The Kier molecular flexibility index (Phi) is 4.72. The summed E-state index contributed by atoms with van der Waals surface area (Å²) in [7, 11) is 0. The van der Waals surface area contributed by atoms with Gasteiger partial charge in [-0.3, -0.25) is 9.59 Å². The number of aromatic amines is 1. The van der Waals surface area contributed by atoms with Gasteiger partial charge < -0.3 is 10.3 Å². The Labute approximate surface area is 166 Å². The average Bonchev–Trinajstić information content (AvgIpc) is 2.70. The predicted octanol–water partition coefficient (Wildman–Crippen LogP) is 5.41. The van der Waals surface area contributed by atoms with Crippen molar-refractivity contribution in [2.45, 2.75) is 6.92 Å². The molecule has 4 nitrogen and oxygen atoms in total. The van der Waals surface area contributed by atoms with Gasteiger partial charge in [-0.15, -0.1) is 0 Å². The van der Waals surface area contributed by atoms with E-state index in [9.17, 15) is 9.59 Å². The standard InChI is InChI=1S/C23H17ClN2O2/c1-14-6-9-18(13-20(14)24)25-22(27)19-10-11-21(26-23(19)28)17-8-7-15-4-2-3-5-16(15)12-17/h2-13H,1H3,(H,25,27)(H,26,28). The molecular formula is C23H17ClN2O2. The lowest BCUT2D eigenvalue weighted by atomic mass is 10.0. The lowest BCUT2D eigenvalue weighted by molar-refractivity contribution is 0.102. The Balaban J connectivity index is 1.62. The zero-order valence-corrected chi connectivity index (χ0v) is 15.9. The van der Waals surface area contributed by atoms with Gasteiger partial charge in [0.1, 0.15) is 5.56 Å². The smallest absolute Gasteiger partial charge is 0.261 e. The Hall–Kier alpha value is -3.37. The van der Waals surface area contributed by atoms with E-state index in [-0.39, 0.29) is 5.56 Å². The highest BCUT2D eigenvalue weighted by Crippen LogP contribution is 2.23. The number of hydrogen-bond acceptors (Lipinski definition) is 2. The van der Waals surface area contributed by atoms with Crippen LogP contribution in [0.3, 0.4) is 0 Å². The molecule has 0 saturated carbocycles. The molecule has 4 rings (SSSR count). The summed E-state index contributed by atoms with van der Waals surface area (Å²) < 4.78 is 0. The number of amides is 1. The second kappa shape index (κ2) is 7.33. The maximum atomic E-state index is 12.5. The SMILES string of the molecule is Cc1ccc(NC(=O)c2ccc(-c3ccc4ccccc4c3)[nH]c2=O)cc1Cl. The maximum Gasteiger partial charge on any atom is 0.261 e.